The van der Waals surface area contributed by atoms with Crippen LogP contribution in [0.3, 0.4) is 0 Å². The summed E-state index contributed by atoms with van der Waals surface area (Å²) in [6.07, 6.45) is 7.01. The molecular formula is C14H26N2S. The standard InChI is InChI=1S/C14H26N2S/c1-4-11-5-7-12(8-6-11)9-15-13-16-14(2,3)10-17-13/h11-12H,4-10H2,1-3H3,(H,15,16). The van der Waals surface area contributed by atoms with E-state index in [2.05, 4.69) is 26.1 Å². The van der Waals surface area contributed by atoms with Gasteiger partial charge in [0.05, 0.1) is 0 Å². The van der Waals surface area contributed by atoms with E-state index in [0.717, 1.165) is 24.1 Å². The van der Waals surface area contributed by atoms with E-state index < -0.39 is 0 Å². The molecule has 17 heavy (non-hydrogen) atoms. The molecule has 0 aromatic carbocycles. The minimum absolute atomic E-state index is 0.239. The first-order chi connectivity index (χ1) is 8.09. The average Bonchev–Trinajstić information content (AvgIpc) is 2.67. The summed E-state index contributed by atoms with van der Waals surface area (Å²) in [6, 6.07) is 0. The van der Waals surface area contributed by atoms with Crippen molar-refractivity contribution in [1.82, 2.24) is 5.32 Å². The zero-order valence-electron chi connectivity index (χ0n) is 11.5. The zero-order valence-corrected chi connectivity index (χ0v) is 12.3. The van der Waals surface area contributed by atoms with E-state index in [4.69, 9.17) is 4.99 Å². The van der Waals surface area contributed by atoms with Crippen molar-refractivity contribution in [3.05, 3.63) is 0 Å². The number of hydrogen-bond acceptors (Lipinski definition) is 2. The van der Waals surface area contributed by atoms with E-state index in [1.165, 1.54) is 37.3 Å². The molecule has 3 heteroatoms. The Labute approximate surface area is 110 Å². The minimum Gasteiger partial charge on any atom is -0.359 e. The van der Waals surface area contributed by atoms with Crippen LogP contribution >= 0.6 is 11.8 Å². The third kappa shape index (κ3) is 3.90. The van der Waals surface area contributed by atoms with Crippen molar-refractivity contribution in [3.63, 3.8) is 0 Å². The predicted molar refractivity (Wildman–Crippen MR) is 77.7 cm³/mol. The molecule has 0 bridgehead atoms. The smallest absolute Gasteiger partial charge is 0.157 e. The van der Waals surface area contributed by atoms with Crippen molar-refractivity contribution in [1.29, 1.82) is 0 Å². The van der Waals surface area contributed by atoms with Gasteiger partial charge in [-0.15, -0.1) is 0 Å². The van der Waals surface area contributed by atoms with E-state index in [0.29, 0.717) is 0 Å². The maximum Gasteiger partial charge on any atom is 0.157 e. The molecule has 98 valence electrons. The van der Waals surface area contributed by atoms with Crippen molar-refractivity contribution in [2.45, 2.75) is 58.4 Å². The number of nitrogens with one attached hydrogen (secondary N) is 1. The summed E-state index contributed by atoms with van der Waals surface area (Å²) in [7, 11) is 0. The summed E-state index contributed by atoms with van der Waals surface area (Å²) >= 11 is 1.88. The second kappa shape index (κ2) is 5.64. The molecule has 1 saturated heterocycles. The number of aliphatic imine (C=N–C) groups is 1. The average molecular weight is 254 g/mol. The molecule has 1 aliphatic heterocycles. The van der Waals surface area contributed by atoms with Gasteiger partial charge in [-0.2, -0.15) is 0 Å². The van der Waals surface area contributed by atoms with E-state index in [1.54, 1.807) is 0 Å². The lowest BCUT2D eigenvalue weighted by molar-refractivity contribution is 0.274. The molecule has 1 saturated carbocycles. The highest BCUT2D eigenvalue weighted by Gasteiger charge is 2.27. The Bertz CT molecular complexity index is 278. The second-order valence-electron chi connectivity index (χ2n) is 6.24. The third-order valence-corrected chi connectivity index (χ3v) is 5.42. The highest BCUT2D eigenvalue weighted by atomic mass is 32.2. The minimum atomic E-state index is 0.239. The first-order valence-corrected chi connectivity index (χ1v) is 8.03. The molecule has 0 aromatic rings. The molecule has 0 amide bonds. The largest absolute Gasteiger partial charge is 0.359 e. The van der Waals surface area contributed by atoms with Crippen LogP contribution in [-0.4, -0.2) is 23.0 Å². The Balaban J connectivity index is 1.74. The van der Waals surface area contributed by atoms with Gasteiger partial charge in [0.15, 0.2) is 5.17 Å². The quantitative estimate of drug-likeness (QED) is 0.831. The van der Waals surface area contributed by atoms with Crippen LogP contribution < -0.4 is 5.32 Å². The van der Waals surface area contributed by atoms with Gasteiger partial charge in [0, 0.05) is 17.8 Å². The van der Waals surface area contributed by atoms with E-state index >= 15 is 0 Å². The van der Waals surface area contributed by atoms with Gasteiger partial charge < -0.3 is 5.32 Å². The van der Waals surface area contributed by atoms with E-state index in [-0.39, 0.29) is 5.54 Å². The summed E-state index contributed by atoms with van der Waals surface area (Å²) < 4.78 is 0. The molecular weight excluding hydrogens is 228 g/mol. The van der Waals surface area contributed by atoms with Crippen molar-refractivity contribution >= 4 is 16.9 Å². The summed E-state index contributed by atoms with van der Waals surface area (Å²) in [4.78, 5) is 4.76. The molecule has 1 heterocycles. The van der Waals surface area contributed by atoms with Crippen LogP contribution in [0.25, 0.3) is 0 Å². The molecule has 2 fully saturated rings. The number of rotatable bonds is 3. The SMILES string of the molecule is CCC1CCC(CN=C2NC(C)(C)CS2)CC1. The summed E-state index contributed by atoms with van der Waals surface area (Å²) in [5, 5.41) is 4.68. The maximum atomic E-state index is 4.76. The fraction of sp³-hybridized carbons (Fsp3) is 0.929. The summed E-state index contributed by atoms with van der Waals surface area (Å²) in [5.74, 6) is 2.99. The molecule has 0 radical (unpaired) electrons. The van der Waals surface area contributed by atoms with Crippen molar-refractivity contribution < 1.29 is 0 Å². The van der Waals surface area contributed by atoms with Gasteiger partial charge in [-0.3, -0.25) is 4.99 Å². The molecule has 0 unspecified atom stereocenters. The van der Waals surface area contributed by atoms with Gasteiger partial charge in [-0.05, 0) is 38.5 Å². The Hall–Kier alpha value is -0.180. The van der Waals surface area contributed by atoms with Gasteiger partial charge in [0.1, 0.15) is 0 Å². The molecule has 0 spiro atoms. The van der Waals surface area contributed by atoms with Gasteiger partial charge in [-0.25, -0.2) is 0 Å². The number of nitrogens with zero attached hydrogens (tertiary/aromatic N) is 1. The van der Waals surface area contributed by atoms with Crippen LogP contribution in [0.15, 0.2) is 4.99 Å². The highest BCUT2D eigenvalue weighted by molar-refractivity contribution is 8.14. The third-order valence-electron chi connectivity index (χ3n) is 4.05. The number of hydrogen-bond donors (Lipinski definition) is 1. The highest BCUT2D eigenvalue weighted by Crippen LogP contribution is 2.31. The molecule has 1 N–H and O–H groups in total. The molecule has 0 atom stereocenters. The van der Waals surface area contributed by atoms with Crippen LogP contribution in [0.5, 0.6) is 0 Å². The summed E-state index contributed by atoms with van der Waals surface area (Å²) in [6.45, 7) is 7.86. The molecule has 0 aromatic heterocycles. The maximum absolute atomic E-state index is 4.76. The Morgan fingerprint density at radius 1 is 1.24 bits per heavy atom. The zero-order chi connectivity index (χ0) is 12.3. The van der Waals surface area contributed by atoms with E-state index in [1.807, 2.05) is 11.8 Å². The first kappa shape index (κ1) is 13.3. The lowest BCUT2D eigenvalue weighted by Gasteiger charge is -2.26. The van der Waals surface area contributed by atoms with Gasteiger partial charge in [-0.1, -0.05) is 37.9 Å². The van der Waals surface area contributed by atoms with Crippen molar-refractivity contribution in [2.24, 2.45) is 16.8 Å². The lowest BCUT2D eigenvalue weighted by Crippen LogP contribution is -2.37. The van der Waals surface area contributed by atoms with Crippen LogP contribution in [0.1, 0.15) is 52.9 Å². The molecule has 2 nitrogen and oxygen atoms in total. The van der Waals surface area contributed by atoms with Crippen LogP contribution in [0.4, 0.5) is 0 Å². The topological polar surface area (TPSA) is 24.4 Å². The lowest BCUT2D eigenvalue weighted by atomic mass is 9.81. The Kier molecular flexibility index (Phi) is 4.40. The van der Waals surface area contributed by atoms with Gasteiger partial charge >= 0.3 is 0 Å². The van der Waals surface area contributed by atoms with Crippen molar-refractivity contribution in [3.8, 4) is 0 Å². The fourth-order valence-corrected chi connectivity index (χ4v) is 3.81. The normalized spacial score (nSPS) is 34.9. The van der Waals surface area contributed by atoms with E-state index in [9.17, 15) is 0 Å². The number of thioether (sulfide) groups is 1. The monoisotopic (exact) mass is 254 g/mol. The first-order valence-electron chi connectivity index (χ1n) is 7.04. The second-order valence-corrected chi connectivity index (χ2v) is 7.20. The predicted octanol–water partition coefficient (Wildman–Crippen LogP) is 3.67. The van der Waals surface area contributed by atoms with Crippen LogP contribution in [0, 0.1) is 11.8 Å². The molecule has 2 aliphatic rings. The van der Waals surface area contributed by atoms with Gasteiger partial charge in [0.25, 0.3) is 0 Å². The molecule has 2 rings (SSSR count). The summed E-state index contributed by atoms with van der Waals surface area (Å²) in [5.41, 5.74) is 0.239. The fourth-order valence-electron chi connectivity index (χ4n) is 2.73. The van der Waals surface area contributed by atoms with Crippen LogP contribution in [-0.2, 0) is 0 Å². The van der Waals surface area contributed by atoms with Crippen LogP contribution in [0.2, 0.25) is 0 Å². The van der Waals surface area contributed by atoms with Crippen molar-refractivity contribution in [2.75, 3.05) is 12.3 Å². The molecule has 1 aliphatic carbocycles. The Morgan fingerprint density at radius 2 is 1.88 bits per heavy atom. The van der Waals surface area contributed by atoms with Gasteiger partial charge in [0.2, 0.25) is 0 Å². The Morgan fingerprint density at radius 3 is 2.41 bits per heavy atom. The number of amidine groups is 1.